The first-order valence-electron chi connectivity index (χ1n) is 7.41. The van der Waals surface area contributed by atoms with Crippen LogP contribution >= 0.6 is 8.60 Å². The van der Waals surface area contributed by atoms with E-state index in [1.54, 1.807) is 0 Å². The van der Waals surface area contributed by atoms with Crippen molar-refractivity contribution >= 4 is 20.5 Å². The fourth-order valence-electron chi connectivity index (χ4n) is 2.04. The van der Waals surface area contributed by atoms with Gasteiger partial charge < -0.3 is 41.3 Å². The first-order valence-corrected chi connectivity index (χ1v) is 8.57. The monoisotopic (exact) mass is 375 g/mol. The summed E-state index contributed by atoms with van der Waals surface area (Å²) in [5.74, 6) is -2.40. The molecule has 0 bridgehead atoms. The Morgan fingerprint density at radius 1 is 1.32 bits per heavy atom. The Morgan fingerprint density at radius 3 is 2.52 bits per heavy atom. The Labute approximate surface area is 145 Å². The van der Waals surface area contributed by atoms with Gasteiger partial charge in [-0.15, -0.1) is 0 Å². The number of nitrogens with two attached hydrogens (primary N) is 2. The van der Waals surface area contributed by atoms with Crippen LogP contribution in [0.3, 0.4) is 0 Å². The molecule has 0 aliphatic heterocycles. The van der Waals surface area contributed by atoms with E-state index in [1.165, 1.54) is 18.2 Å². The maximum absolute atomic E-state index is 11.9. The quantitative estimate of drug-likeness (QED) is 0.256. The standard InChI is InChI=1S/C14H22N3O7P/c15-5-1-2-9(16)13(19)17-10(14(20)21)6-8-3-4-12(11(18)7-8)24-25(22)23/h3-4,7,9-10,18,22-23H,1-2,5-6,15-16H2,(H,17,19)(H,20,21)/t9-,10?/m0/s1. The molecule has 140 valence electrons. The number of nitrogens with one attached hydrogen (secondary N) is 1. The zero-order chi connectivity index (χ0) is 19.0. The van der Waals surface area contributed by atoms with Crippen molar-refractivity contribution in [3.63, 3.8) is 0 Å². The van der Waals surface area contributed by atoms with Gasteiger partial charge in [0.25, 0.3) is 0 Å². The lowest BCUT2D eigenvalue weighted by Gasteiger charge is -2.18. The molecule has 0 aromatic heterocycles. The highest BCUT2D eigenvalue weighted by Crippen LogP contribution is 2.36. The third-order valence-corrected chi connectivity index (χ3v) is 3.67. The number of phenols is 1. The number of rotatable bonds is 10. The molecule has 0 heterocycles. The van der Waals surface area contributed by atoms with E-state index >= 15 is 0 Å². The second kappa shape index (κ2) is 10.1. The number of hydrogen-bond donors (Lipinski definition) is 7. The van der Waals surface area contributed by atoms with Crippen molar-refractivity contribution < 1.29 is 34.1 Å². The summed E-state index contributed by atoms with van der Waals surface area (Å²) in [6.07, 6.45) is 0.776. The molecule has 0 saturated carbocycles. The van der Waals surface area contributed by atoms with Gasteiger partial charge in [-0.1, -0.05) is 6.07 Å². The van der Waals surface area contributed by atoms with Gasteiger partial charge in [0.05, 0.1) is 6.04 Å². The summed E-state index contributed by atoms with van der Waals surface area (Å²) in [6.45, 7) is 0.376. The summed E-state index contributed by atoms with van der Waals surface area (Å²) < 4.78 is 4.60. The molecule has 0 fully saturated rings. The molecular formula is C14H22N3O7P. The van der Waals surface area contributed by atoms with Gasteiger partial charge in [0.2, 0.25) is 5.91 Å². The molecule has 0 aliphatic rings. The summed E-state index contributed by atoms with van der Waals surface area (Å²) in [5, 5.41) is 21.4. The highest BCUT2D eigenvalue weighted by atomic mass is 31.2. The predicted molar refractivity (Wildman–Crippen MR) is 89.6 cm³/mol. The molecule has 0 spiro atoms. The molecule has 1 amide bonds. The van der Waals surface area contributed by atoms with Crippen LogP contribution in [0, 0.1) is 0 Å². The van der Waals surface area contributed by atoms with E-state index in [9.17, 15) is 19.8 Å². The van der Waals surface area contributed by atoms with E-state index in [2.05, 4.69) is 9.84 Å². The maximum atomic E-state index is 11.9. The summed E-state index contributed by atoms with van der Waals surface area (Å²) in [4.78, 5) is 40.8. The zero-order valence-corrected chi connectivity index (χ0v) is 14.2. The van der Waals surface area contributed by atoms with Crippen LogP contribution in [0.2, 0.25) is 0 Å². The normalized spacial score (nSPS) is 13.3. The number of benzene rings is 1. The Kier molecular flexibility index (Phi) is 8.53. The van der Waals surface area contributed by atoms with Gasteiger partial charge in [-0.2, -0.15) is 0 Å². The number of aromatic hydroxyl groups is 1. The number of aliphatic carboxylic acids is 1. The fourth-order valence-corrected chi connectivity index (χ4v) is 2.37. The molecular weight excluding hydrogens is 353 g/mol. The SMILES string of the molecule is NCCC[C@H](N)C(=O)NC(Cc1ccc(OP(O)O)c(O)c1)C(=O)O. The van der Waals surface area contributed by atoms with E-state index < -0.39 is 32.6 Å². The first-order chi connectivity index (χ1) is 11.7. The Morgan fingerprint density at radius 2 is 2.00 bits per heavy atom. The second-order valence-corrected chi connectivity index (χ2v) is 5.98. The molecule has 1 unspecified atom stereocenters. The average molecular weight is 375 g/mol. The van der Waals surface area contributed by atoms with Crippen LogP contribution in [0.4, 0.5) is 0 Å². The number of carboxylic acid groups (broad SMARTS) is 1. The predicted octanol–water partition coefficient (Wildman–Crippen LogP) is -0.839. The molecule has 11 heteroatoms. The van der Waals surface area contributed by atoms with Gasteiger partial charge in [-0.3, -0.25) is 4.79 Å². The third kappa shape index (κ3) is 7.20. The topological polar surface area (TPSA) is 188 Å². The molecule has 0 aliphatic carbocycles. The van der Waals surface area contributed by atoms with E-state index in [0.29, 0.717) is 24.9 Å². The van der Waals surface area contributed by atoms with Crippen LogP contribution < -0.4 is 21.3 Å². The summed E-state index contributed by atoms with van der Waals surface area (Å²) in [7, 11) is -2.69. The summed E-state index contributed by atoms with van der Waals surface area (Å²) >= 11 is 0. The van der Waals surface area contributed by atoms with E-state index in [1.807, 2.05) is 0 Å². The number of hydrogen-bond acceptors (Lipinski definition) is 8. The van der Waals surface area contributed by atoms with Gasteiger partial charge in [0.15, 0.2) is 11.5 Å². The second-order valence-electron chi connectivity index (χ2n) is 5.29. The minimum Gasteiger partial charge on any atom is -0.504 e. The zero-order valence-electron chi connectivity index (χ0n) is 13.3. The number of amides is 1. The van der Waals surface area contributed by atoms with Crippen LogP contribution in [0.15, 0.2) is 18.2 Å². The molecule has 1 rings (SSSR count). The smallest absolute Gasteiger partial charge is 0.391 e. The van der Waals surface area contributed by atoms with Crippen LogP contribution in [0.5, 0.6) is 11.5 Å². The van der Waals surface area contributed by atoms with Crippen molar-refractivity contribution in [1.82, 2.24) is 5.32 Å². The maximum Gasteiger partial charge on any atom is 0.391 e. The van der Waals surface area contributed by atoms with Crippen LogP contribution in [0.25, 0.3) is 0 Å². The molecule has 0 saturated heterocycles. The highest BCUT2D eigenvalue weighted by Gasteiger charge is 2.24. The van der Waals surface area contributed by atoms with Gasteiger partial charge in [-0.25, -0.2) is 4.79 Å². The lowest BCUT2D eigenvalue weighted by molar-refractivity contribution is -0.142. The number of carbonyl (C=O) groups is 2. The molecule has 9 N–H and O–H groups in total. The Balaban J connectivity index is 2.76. The number of carbonyl (C=O) groups excluding carboxylic acids is 1. The summed E-state index contributed by atoms with van der Waals surface area (Å²) in [5.41, 5.74) is 11.4. The van der Waals surface area contributed by atoms with Crippen molar-refractivity contribution in [1.29, 1.82) is 0 Å². The molecule has 25 heavy (non-hydrogen) atoms. The minimum atomic E-state index is -2.69. The van der Waals surface area contributed by atoms with Crippen molar-refractivity contribution in [2.24, 2.45) is 11.5 Å². The number of phenolic OH excluding ortho intramolecular Hbond substituents is 1. The lowest BCUT2D eigenvalue weighted by Crippen LogP contribution is -2.49. The van der Waals surface area contributed by atoms with Gasteiger partial charge in [-0.05, 0) is 37.1 Å². The van der Waals surface area contributed by atoms with E-state index in [4.69, 9.17) is 21.3 Å². The molecule has 1 aromatic carbocycles. The molecule has 2 atom stereocenters. The third-order valence-electron chi connectivity index (χ3n) is 3.31. The van der Waals surface area contributed by atoms with Gasteiger partial charge in [0, 0.05) is 6.42 Å². The fraction of sp³-hybridized carbons (Fsp3) is 0.429. The highest BCUT2D eigenvalue weighted by molar-refractivity contribution is 7.39. The van der Waals surface area contributed by atoms with E-state index in [0.717, 1.165) is 0 Å². The van der Waals surface area contributed by atoms with Crippen molar-refractivity contribution in [2.75, 3.05) is 6.54 Å². The van der Waals surface area contributed by atoms with Crippen molar-refractivity contribution in [3.05, 3.63) is 23.8 Å². The van der Waals surface area contributed by atoms with Crippen molar-refractivity contribution in [3.8, 4) is 11.5 Å². The molecule has 1 aromatic rings. The average Bonchev–Trinajstić information content (AvgIpc) is 2.53. The van der Waals surface area contributed by atoms with Crippen LogP contribution in [-0.2, 0) is 16.0 Å². The van der Waals surface area contributed by atoms with E-state index in [-0.39, 0.29) is 17.9 Å². The van der Waals surface area contributed by atoms with Gasteiger partial charge >= 0.3 is 14.6 Å². The Hall–Kier alpha value is -1.97. The lowest BCUT2D eigenvalue weighted by atomic mass is 10.0. The molecule has 0 radical (unpaired) electrons. The van der Waals surface area contributed by atoms with Gasteiger partial charge in [0.1, 0.15) is 6.04 Å². The van der Waals surface area contributed by atoms with Crippen LogP contribution in [0.1, 0.15) is 18.4 Å². The number of carboxylic acids is 1. The van der Waals surface area contributed by atoms with Crippen LogP contribution in [-0.4, -0.2) is 50.5 Å². The van der Waals surface area contributed by atoms with Crippen molar-refractivity contribution in [2.45, 2.75) is 31.3 Å². The minimum absolute atomic E-state index is 0.106. The Bertz CT molecular complexity index is 600. The first kappa shape index (κ1) is 21.1. The summed E-state index contributed by atoms with van der Waals surface area (Å²) in [6, 6.07) is 1.81. The largest absolute Gasteiger partial charge is 0.504 e. The molecule has 10 nitrogen and oxygen atoms in total.